The van der Waals surface area contributed by atoms with Crippen LogP contribution in [0.15, 0.2) is 11.6 Å². The zero-order chi connectivity index (χ0) is 16.2. The second kappa shape index (κ2) is 4.12. The Kier molecular flexibility index (Phi) is 2.63. The van der Waals surface area contributed by atoms with Gasteiger partial charge in [-0.3, -0.25) is 4.79 Å². The summed E-state index contributed by atoms with van der Waals surface area (Å²) >= 11 is 0. The van der Waals surface area contributed by atoms with E-state index in [9.17, 15) is 9.90 Å². The topological polar surface area (TPSA) is 37.3 Å². The summed E-state index contributed by atoms with van der Waals surface area (Å²) < 4.78 is 0. The first-order valence-electron chi connectivity index (χ1n) is 9.75. The maximum atomic E-state index is 11.9. The van der Waals surface area contributed by atoms with Crippen molar-refractivity contribution < 1.29 is 9.90 Å². The van der Waals surface area contributed by atoms with Gasteiger partial charge < -0.3 is 5.11 Å². The third-order valence-corrected chi connectivity index (χ3v) is 9.39. The van der Waals surface area contributed by atoms with Crippen molar-refractivity contribution in [1.82, 2.24) is 0 Å². The highest BCUT2D eigenvalue weighted by molar-refractivity contribution is 5.91. The Hall–Kier alpha value is -0.630. The maximum Gasteiger partial charge on any atom is 0.155 e. The van der Waals surface area contributed by atoms with Crippen molar-refractivity contribution in [3.8, 4) is 0 Å². The van der Waals surface area contributed by atoms with E-state index in [-0.39, 0.29) is 10.8 Å². The highest BCUT2D eigenvalue weighted by Gasteiger charge is 2.74. The number of ketones is 1. The van der Waals surface area contributed by atoms with Crippen molar-refractivity contribution in [2.75, 3.05) is 0 Å². The molecule has 2 heteroatoms. The number of hydrogen-bond donors (Lipinski definition) is 1. The van der Waals surface area contributed by atoms with E-state index in [0.29, 0.717) is 11.7 Å². The monoisotopic (exact) mass is 314 g/mol. The minimum atomic E-state index is -0.452. The molecule has 4 saturated carbocycles. The van der Waals surface area contributed by atoms with Gasteiger partial charge in [0.2, 0.25) is 0 Å². The van der Waals surface area contributed by atoms with Gasteiger partial charge in [-0.1, -0.05) is 19.4 Å². The summed E-state index contributed by atoms with van der Waals surface area (Å²) in [5.74, 6) is 3.92. The van der Waals surface area contributed by atoms with Crippen LogP contribution in [0, 0.1) is 40.4 Å². The summed E-state index contributed by atoms with van der Waals surface area (Å²) in [6.45, 7) is 6.97. The molecular formula is C21H30O2. The lowest BCUT2D eigenvalue weighted by molar-refractivity contribution is -0.139. The van der Waals surface area contributed by atoms with Gasteiger partial charge in [0.25, 0.3) is 0 Å². The van der Waals surface area contributed by atoms with Crippen molar-refractivity contribution in [3.63, 3.8) is 0 Å². The van der Waals surface area contributed by atoms with Crippen molar-refractivity contribution in [3.05, 3.63) is 11.6 Å². The molecular weight excluding hydrogens is 284 g/mol. The molecule has 23 heavy (non-hydrogen) atoms. The lowest BCUT2D eigenvalue weighted by Gasteiger charge is -2.60. The van der Waals surface area contributed by atoms with Crippen LogP contribution in [0.25, 0.3) is 0 Å². The second-order valence-electron chi connectivity index (χ2n) is 10.00. The Morgan fingerprint density at radius 1 is 1.04 bits per heavy atom. The zero-order valence-electron chi connectivity index (χ0n) is 14.8. The molecule has 0 aromatic rings. The molecule has 0 radical (unpaired) electrons. The first kappa shape index (κ1) is 14.7. The summed E-state index contributed by atoms with van der Waals surface area (Å²) in [5, 5.41) is 11.2. The predicted molar refractivity (Wildman–Crippen MR) is 89.7 cm³/mol. The Labute approximate surface area is 139 Å². The second-order valence-corrected chi connectivity index (χ2v) is 10.00. The molecule has 5 aliphatic rings. The maximum absolute atomic E-state index is 11.9. The van der Waals surface area contributed by atoms with Crippen LogP contribution in [0.5, 0.6) is 0 Å². The van der Waals surface area contributed by atoms with Crippen molar-refractivity contribution in [2.24, 2.45) is 40.4 Å². The molecule has 5 aliphatic carbocycles. The molecule has 0 bridgehead atoms. The van der Waals surface area contributed by atoms with Gasteiger partial charge in [0.15, 0.2) is 5.78 Å². The lowest BCUT2D eigenvalue weighted by Crippen LogP contribution is -2.55. The fourth-order valence-electron chi connectivity index (χ4n) is 7.87. The van der Waals surface area contributed by atoms with Crippen LogP contribution in [0.1, 0.15) is 65.7 Å². The van der Waals surface area contributed by atoms with E-state index in [1.54, 1.807) is 0 Å². The van der Waals surface area contributed by atoms with Gasteiger partial charge >= 0.3 is 0 Å². The number of hydrogen-bond acceptors (Lipinski definition) is 2. The van der Waals surface area contributed by atoms with Crippen LogP contribution in [-0.2, 0) is 4.79 Å². The summed E-state index contributed by atoms with van der Waals surface area (Å²) in [7, 11) is 0. The lowest BCUT2D eigenvalue weighted by atomic mass is 9.45. The van der Waals surface area contributed by atoms with Gasteiger partial charge in [-0.15, -0.1) is 0 Å². The van der Waals surface area contributed by atoms with E-state index in [0.717, 1.165) is 42.9 Å². The fourth-order valence-corrected chi connectivity index (χ4v) is 7.87. The molecule has 4 fully saturated rings. The average molecular weight is 314 g/mol. The quantitative estimate of drug-likeness (QED) is 0.730. The number of allylic oxidation sites excluding steroid dienone is 1. The molecule has 0 amide bonds. The number of fused-ring (bicyclic) bond motifs is 7. The smallest absolute Gasteiger partial charge is 0.155 e. The number of carbonyl (C=O) groups is 1. The summed E-state index contributed by atoms with van der Waals surface area (Å²) in [6, 6.07) is 0. The predicted octanol–water partition coefficient (Wildman–Crippen LogP) is 4.13. The first-order chi connectivity index (χ1) is 10.8. The molecule has 2 nitrogen and oxygen atoms in total. The Morgan fingerprint density at radius 2 is 1.83 bits per heavy atom. The van der Waals surface area contributed by atoms with Crippen LogP contribution >= 0.6 is 0 Å². The van der Waals surface area contributed by atoms with Gasteiger partial charge in [0.1, 0.15) is 0 Å². The third kappa shape index (κ3) is 1.57. The fraction of sp³-hybridized carbons (Fsp3) is 0.857. The Balaban J connectivity index is 1.55. The molecule has 1 N–H and O–H groups in total. The van der Waals surface area contributed by atoms with E-state index >= 15 is 0 Å². The molecule has 0 aromatic carbocycles. The highest BCUT2D eigenvalue weighted by atomic mass is 16.3. The third-order valence-electron chi connectivity index (χ3n) is 9.39. The van der Waals surface area contributed by atoms with Crippen LogP contribution < -0.4 is 0 Å². The highest BCUT2D eigenvalue weighted by Crippen LogP contribution is 2.76. The summed E-state index contributed by atoms with van der Waals surface area (Å²) in [4.78, 5) is 11.9. The van der Waals surface area contributed by atoms with Gasteiger partial charge in [0.05, 0.1) is 5.60 Å². The van der Waals surface area contributed by atoms with Crippen LogP contribution in [0.4, 0.5) is 0 Å². The molecule has 0 unspecified atom stereocenters. The molecule has 5 rings (SSSR count). The van der Waals surface area contributed by atoms with Gasteiger partial charge in [-0.2, -0.15) is 0 Å². The minimum Gasteiger partial charge on any atom is -0.389 e. The van der Waals surface area contributed by atoms with Crippen molar-refractivity contribution in [1.29, 1.82) is 0 Å². The van der Waals surface area contributed by atoms with E-state index < -0.39 is 5.60 Å². The Morgan fingerprint density at radius 3 is 2.61 bits per heavy atom. The van der Waals surface area contributed by atoms with Crippen LogP contribution in [0.2, 0.25) is 0 Å². The molecule has 0 spiro atoms. The van der Waals surface area contributed by atoms with E-state index in [4.69, 9.17) is 0 Å². The first-order valence-corrected chi connectivity index (χ1v) is 9.75. The largest absolute Gasteiger partial charge is 0.389 e. The average Bonchev–Trinajstić information content (AvgIpc) is 3.25. The normalized spacial score (nSPS) is 60.3. The van der Waals surface area contributed by atoms with Crippen molar-refractivity contribution >= 4 is 5.78 Å². The van der Waals surface area contributed by atoms with Gasteiger partial charge in [0, 0.05) is 6.42 Å². The Bertz CT molecular complexity index is 617. The summed E-state index contributed by atoms with van der Waals surface area (Å²) in [5.41, 5.74) is 1.39. The van der Waals surface area contributed by atoms with Gasteiger partial charge in [-0.25, -0.2) is 0 Å². The number of aliphatic hydroxyl groups is 1. The molecule has 0 saturated heterocycles. The van der Waals surface area contributed by atoms with Gasteiger partial charge in [-0.05, 0) is 91.9 Å². The molecule has 0 heterocycles. The summed E-state index contributed by atoms with van der Waals surface area (Å²) in [6.07, 6.45) is 9.85. The van der Waals surface area contributed by atoms with E-state index in [2.05, 4.69) is 20.8 Å². The molecule has 0 aliphatic heterocycles. The number of carbonyl (C=O) groups excluding carboxylic acids is 1. The van der Waals surface area contributed by atoms with Crippen molar-refractivity contribution in [2.45, 2.75) is 71.3 Å². The van der Waals surface area contributed by atoms with E-state index in [1.165, 1.54) is 31.3 Å². The molecule has 126 valence electrons. The van der Waals surface area contributed by atoms with E-state index in [1.807, 2.05) is 6.08 Å². The SMILES string of the molecule is C[C@]12CCC(=O)C=C1CC[C@H]1[C@@H]3[C@H]4C[C@H]4[C@](C)(O)[C@@]3(C)CC[C@@H]12. The van der Waals surface area contributed by atoms with Crippen LogP contribution in [-0.4, -0.2) is 16.5 Å². The minimum absolute atomic E-state index is 0.129. The molecule has 8 atom stereocenters. The molecule has 0 aromatic heterocycles. The number of rotatable bonds is 0. The standard InChI is InChI=1S/C21H30O2/c1-19-8-6-13(22)10-12(19)4-5-14-16(19)7-9-20(2)18(14)15-11-17(15)21(20,3)23/h10,14-18,23H,4-9,11H2,1-3H3/t14-,15+,16+,17-,18-,19+,20+,21+/m1/s1. The van der Waals surface area contributed by atoms with Crippen LogP contribution in [0.3, 0.4) is 0 Å². The zero-order valence-corrected chi connectivity index (χ0v) is 14.8.